The van der Waals surface area contributed by atoms with Crippen LogP contribution in [0.1, 0.15) is 39.9 Å². The third-order valence-electron chi connectivity index (χ3n) is 8.12. The number of piperidine rings is 1. The minimum atomic E-state index is -0.717. The van der Waals surface area contributed by atoms with Gasteiger partial charge in [-0.3, -0.25) is 29.5 Å². The second-order valence-electron chi connectivity index (χ2n) is 10.7. The van der Waals surface area contributed by atoms with Gasteiger partial charge >= 0.3 is 0 Å². The van der Waals surface area contributed by atoms with E-state index in [1.165, 1.54) is 28.7 Å². The highest BCUT2D eigenvalue weighted by atomic mass is 19.1. The predicted octanol–water partition coefficient (Wildman–Crippen LogP) is 3.71. The average molecular weight is 545 g/mol. The van der Waals surface area contributed by atoms with Gasteiger partial charge in [0.2, 0.25) is 11.8 Å². The minimum absolute atomic E-state index is 0.180. The van der Waals surface area contributed by atoms with Crippen molar-refractivity contribution in [2.45, 2.75) is 38.5 Å². The first-order valence-electron chi connectivity index (χ1n) is 13.6. The van der Waals surface area contributed by atoms with Gasteiger partial charge in [0, 0.05) is 63.4 Å². The molecule has 3 heterocycles. The second kappa shape index (κ2) is 10.9. The van der Waals surface area contributed by atoms with Crippen molar-refractivity contribution in [2.24, 2.45) is 0 Å². The van der Waals surface area contributed by atoms with Crippen LogP contribution < -0.4 is 5.32 Å². The normalized spacial score (nSPS) is 20.1. The molecule has 1 N–H and O–H groups in total. The van der Waals surface area contributed by atoms with E-state index < -0.39 is 17.8 Å². The second-order valence-corrected chi connectivity index (χ2v) is 10.7. The van der Waals surface area contributed by atoms with Crippen molar-refractivity contribution in [3.8, 4) is 11.1 Å². The van der Waals surface area contributed by atoms with Gasteiger partial charge < -0.3 is 4.90 Å². The van der Waals surface area contributed by atoms with Crippen LogP contribution in [0.15, 0.2) is 60.7 Å². The van der Waals surface area contributed by atoms with E-state index >= 15 is 4.39 Å². The van der Waals surface area contributed by atoms with Crippen molar-refractivity contribution >= 4 is 17.7 Å². The van der Waals surface area contributed by atoms with Gasteiger partial charge in [0.05, 0.1) is 0 Å². The monoisotopic (exact) mass is 544 g/mol. The summed E-state index contributed by atoms with van der Waals surface area (Å²) in [6.45, 7) is 4.64. The summed E-state index contributed by atoms with van der Waals surface area (Å²) in [7, 11) is 0. The largest absolute Gasteiger partial charge is 0.322 e. The van der Waals surface area contributed by atoms with Crippen LogP contribution >= 0.6 is 0 Å². The number of rotatable bonds is 6. The lowest BCUT2D eigenvalue weighted by Gasteiger charge is -2.35. The Kier molecular flexibility index (Phi) is 7.16. The maximum absolute atomic E-state index is 15.1. The molecule has 6 rings (SSSR count). The highest BCUT2D eigenvalue weighted by Crippen LogP contribution is 2.30. The van der Waals surface area contributed by atoms with Crippen molar-refractivity contribution in [2.75, 3.05) is 26.2 Å². The summed E-state index contributed by atoms with van der Waals surface area (Å²) in [5, 5.41) is 2.29. The standard InChI is InChI=1S/C31H30F2N4O3/c32-24-7-5-20(6-8-24)25-4-2-1-3-21(25)17-35-11-13-36(14-12-35)18-23-15-22-19-37(31(40)26(22)16-27(23)33)28-9-10-29(38)34-30(28)39/h1-8,15-16,28H,9-14,17-19H2,(H,34,38,39). The first-order valence-corrected chi connectivity index (χ1v) is 13.6. The molecule has 0 spiro atoms. The molecule has 9 heteroatoms. The smallest absolute Gasteiger partial charge is 0.255 e. The lowest BCUT2D eigenvalue weighted by molar-refractivity contribution is -0.136. The molecule has 1 atom stereocenters. The zero-order valence-corrected chi connectivity index (χ0v) is 22.0. The first kappa shape index (κ1) is 26.3. The molecule has 2 saturated heterocycles. The summed E-state index contributed by atoms with van der Waals surface area (Å²) < 4.78 is 28.5. The van der Waals surface area contributed by atoms with Crippen molar-refractivity contribution < 1.29 is 23.2 Å². The molecule has 0 saturated carbocycles. The third kappa shape index (κ3) is 5.26. The number of carbonyl (C=O) groups excluding carboxylic acids is 3. The van der Waals surface area contributed by atoms with E-state index in [9.17, 15) is 18.8 Å². The highest BCUT2D eigenvalue weighted by molar-refractivity contribution is 6.05. The number of nitrogens with one attached hydrogen (secondary N) is 1. The van der Waals surface area contributed by atoms with Crippen LogP contribution in [0.2, 0.25) is 0 Å². The Balaban J connectivity index is 1.08. The van der Waals surface area contributed by atoms with Gasteiger partial charge in [-0.2, -0.15) is 0 Å². The molecule has 3 aliphatic rings. The fraction of sp³-hybridized carbons (Fsp3) is 0.323. The fourth-order valence-corrected chi connectivity index (χ4v) is 5.92. The van der Waals surface area contributed by atoms with Gasteiger partial charge in [0.1, 0.15) is 17.7 Å². The molecule has 0 aromatic heterocycles. The molecule has 3 aromatic rings. The van der Waals surface area contributed by atoms with Crippen molar-refractivity contribution in [3.63, 3.8) is 0 Å². The summed E-state index contributed by atoms with van der Waals surface area (Å²) in [5.41, 5.74) is 4.78. The molecule has 206 valence electrons. The summed E-state index contributed by atoms with van der Waals surface area (Å²) in [4.78, 5) is 42.8. The summed E-state index contributed by atoms with van der Waals surface area (Å²) in [5.74, 6) is -1.86. The van der Waals surface area contributed by atoms with E-state index in [0.717, 1.165) is 43.9 Å². The Morgan fingerprint density at radius 1 is 0.800 bits per heavy atom. The number of fused-ring (bicyclic) bond motifs is 1. The van der Waals surface area contributed by atoms with E-state index in [0.29, 0.717) is 17.7 Å². The Morgan fingerprint density at radius 3 is 2.17 bits per heavy atom. The van der Waals surface area contributed by atoms with E-state index in [4.69, 9.17) is 0 Å². The van der Waals surface area contributed by atoms with Crippen molar-refractivity contribution in [3.05, 3.63) is 94.6 Å². The van der Waals surface area contributed by atoms with Gasteiger partial charge in [0.15, 0.2) is 0 Å². The van der Waals surface area contributed by atoms with Crippen LogP contribution in [0.5, 0.6) is 0 Å². The Labute approximate surface area is 231 Å². The molecule has 2 fully saturated rings. The van der Waals surface area contributed by atoms with Gasteiger partial charge in [0.25, 0.3) is 5.91 Å². The molecule has 1 unspecified atom stereocenters. The quantitative estimate of drug-likeness (QED) is 0.479. The molecular formula is C31H30F2N4O3. The Hall–Kier alpha value is -3.95. The Morgan fingerprint density at radius 2 is 1.48 bits per heavy atom. The third-order valence-corrected chi connectivity index (χ3v) is 8.12. The topological polar surface area (TPSA) is 73.0 Å². The molecule has 0 bridgehead atoms. The number of benzene rings is 3. The number of nitrogens with zero attached hydrogens (tertiary/aromatic N) is 3. The zero-order valence-electron chi connectivity index (χ0n) is 22.0. The number of amides is 3. The van der Waals surface area contributed by atoms with Crippen LogP contribution in [-0.2, 0) is 29.2 Å². The number of imide groups is 1. The van der Waals surface area contributed by atoms with Crippen LogP contribution in [0, 0.1) is 11.6 Å². The molecule has 3 amide bonds. The predicted molar refractivity (Wildman–Crippen MR) is 145 cm³/mol. The van der Waals surface area contributed by atoms with Crippen molar-refractivity contribution in [1.29, 1.82) is 0 Å². The number of hydrogen-bond donors (Lipinski definition) is 1. The van der Waals surface area contributed by atoms with Crippen LogP contribution in [0.4, 0.5) is 8.78 Å². The minimum Gasteiger partial charge on any atom is -0.322 e. The molecule has 0 aliphatic carbocycles. The van der Waals surface area contributed by atoms with Crippen molar-refractivity contribution in [1.82, 2.24) is 20.0 Å². The fourth-order valence-electron chi connectivity index (χ4n) is 5.92. The van der Waals surface area contributed by atoms with Gasteiger partial charge in [-0.05, 0) is 52.9 Å². The SMILES string of the molecule is O=C1CCC(N2Cc3cc(CN4CCN(Cc5ccccc5-c5ccc(F)cc5)CC4)c(F)cc3C2=O)C(=O)N1. The Bertz CT molecular complexity index is 1470. The summed E-state index contributed by atoms with van der Waals surface area (Å²) in [6.07, 6.45) is 0.457. The first-order chi connectivity index (χ1) is 19.4. The highest BCUT2D eigenvalue weighted by Gasteiger charge is 2.39. The van der Waals surface area contributed by atoms with E-state index in [2.05, 4.69) is 27.2 Å². The molecule has 40 heavy (non-hydrogen) atoms. The maximum atomic E-state index is 15.1. The van der Waals surface area contributed by atoms with Gasteiger partial charge in [-0.15, -0.1) is 0 Å². The molecule has 0 radical (unpaired) electrons. The maximum Gasteiger partial charge on any atom is 0.255 e. The van der Waals surface area contributed by atoms with Gasteiger partial charge in [-0.1, -0.05) is 36.4 Å². The van der Waals surface area contributed by atoms with E-state index in [1.807, 2.05) is 12.1 Å². The van der Waals surface area contributed by atoms with Crippen LogP contribution in [0.25, 0.3) is 11.1 Å². The van der Waals surface area contributed by atoms with Crippen LogP contribution in [-0.4, -0.2) is 64.6 Å². The molecule has 7 nitrogen and oxygen atoms in total. The molecule has 3 aromatic carbocycles. The molecule has 3 aliphatic heterocycles. The lowest BCUT2D eigenvalue weighted by atomic mass is 9.99. The summed E-state index contributed by atoms with van der Waals surface area (Å²) >= 11 is 0. The number of hydrogen-bond acceptors (Lipinski definition) is 5. The van der Waals surface area contributed by atoms with E-state index in [1.54, 1.807) is 18.2 Å². The lowest BCUT2D eigenvalue weighted by Crippen LogP contribution is -2.52. The number of carbonyl (C=O) groups is 3. The van der Waals surface area contributed by atoms with Gasteiger partial charge in [-0.25, -0.2) is 8.78 Å². The molecular weight excluding hydrogens is 514 g/mol. The zero-order chi connectivity index (χ0) is 27.8. The van der Waals surface area contributed by atoms with Crippen LogP contribution in [0.3, 0.4) is 0 Å². The summed E-state index contributed by atoms with van der Waals surface area (Å²) in [6, 6.07) is 17.0. The average Bonchev–Trinajstić information content (AvgIpc) is 3.25. The number of piperazine rings is 1. The van der Waals surface area contributed by atoms with E-state index in [-0.39, 0.29) is 42.6 Å². The number of halogens is 2.